The van der Waals surface area contributed by atoms with E-state index >= 15 is 0 Å². The summed E-state index contributed by atoms with van der Waals surface area (Å²) < 4.78 is 25.4. The fourth-order valence-corrected chi connectivity index (χ4v) is 5.78. The van der Waals surface area contributed by atoms with Gasteiger partial charge in [-0.2, -0.15) is 0 Å². The van der Waals surface area contributed by atoms with Gasteiger partial charge in [0, 0.05) is 4.90 Å². The van der Waals surface area contributed by atoms with E-state index in [2.05, 4.69) is 0 Å². The van der Waals surface area contributed by atoms with E-state index in [1.54, 1.807) is 11.8 Å². The van der Waals surface area contributed by atoms with Crippen molar-refractivity contribution < 1.29 is 24.1 Å². The fraction of sp³-hybridized carbons (Fsp3) is 0.273. The third kappa shape index (κ3) is 8.02. The molecule has 4 aromatic carbocycles. The minimum Gasteiger partial charge on any atom is -0.374 e. The van der Waals surface area contributed by atoms with Gasteiger partial charge in [0.25, 0.3) is 0 Å². The molecule has 6 heteroatoms. The van der Waals surface area contributed by atoms with Crippen molar-refractivity contribution in [2.75, 3.05) is 6.61 Å². The highest BCUT2D eigenvalue weighted by Crippen LogP contribution is 2.37. The second kappa shape index (κ2) is 14.4. The Morgan fingerprint density at radius 1 is 0.590 bits per heavy atom. The molecule has 0 unspecified atom stereocenters. The number of thioether (sulfide) groups is 1. The number of hydrogen-bond donors (Lipinski definition) is 1. The number of aliphatic hydroxyl groups excluding tert-OH is 1. The topological polar surface area (TPSA) is 57.2 Å². The van der Waals surface area contributed by atoms with Crippen LogP contribution in [0.15, 0.2) is 126 Å². The molecule has 5 rings (SSSR count). The Kier molecular flexibility index (Phi) is 10.2. The van der Waals surface area contributed by atoms with Gasteiger partial charge < -0.3 is 24.1 Å². The molecule has 1 fully saturated rings. The summed E-state index contributed by atoms with van der Waals surface area (Å²) in [6.45, 7) is 1.50. The number of ether oxygens (including phenoxy) is 4. The van der Waals surface area contributed by atoms with Gasteiger partial charge in [-0.15, -0.1) is 11.8 Å². The van der Waals surface area contributed by atoms with Gasteiger partial charge in [-0.1, -0.05) is 109 Å². The number of aliphatic hydroxyl groups is 1. The molecule has 4 aromatic rings. The quantitative estimate of drug-likeness (QED) is 0.228. The molecule has 0 bridgehead atoms. The van der Waals surface area contributed by atoms with Crippen LogP contribution in [0.5, 0.6) is 0 Å². The van der Waals surface area contributed by atoms with E-state index in [0.717, 1.165) is 21.6 Å². The molecule has 0 amide bonds. The first kappa shape index (κ1) is 27.6. The summed E-state index contributed by atoms with van der Waals surface area (Å²) in [5, 5.41) is 10.9. The maximum Gasteiger partial charge on any atom is 0.170 e. The largest absolute Gasteiger partial charge is 0.374 e. The van der Waals surface area contributed by atoms with Gasteiger partial charge in [0.2, 0.25) is 0 Å². The molecule has 0 saturated carbocycles. The zero-order valence-electron chi connectivity index (χ0n) is 21.8. The van der Waals surface area contributed by atoms with Gasteiger partial charge in [0.05, 0.1) is 31.7 Å². The normalized spacial score (nSPS) is 22.9. The van der Waals surface area contributed by atoms with Crippen LogP contribution in [0, 0.1) is 0 Å². The predicted octanol–water partition coefficient (Wildman–Crippen LogP) is 6.25. The summed E-state index contributed by atoms with van der Waals surface area (Å²) in [6.07, 6.45) is -2.48. The summed E-state index contributed by atoms with van der Waals surface area (Å²) in [7, 11) is 0. The van der Waals surface area contributed by atoms with Crippen molar-refractivity contribution in [2.45, 2.75) is 54.6 Å². The Balaban J connectivity index is 1.38. The summed E-state index contributed by atoms with van der Waals surface area (Å²) in [4.78, 5) is 1.03. The molecule has 1 N–H and O–H groups in total. The van der Waals surface area contributed by atoms with E-state index in [0.29, 0.717) is 19.8 Å². The van der Waals surface area contributed by atoms with E-state index in [-0.39, 0.29) is 6.61 Å². The number of hydrogen-bond acceptors (Lipinski definition) is 6. The minimum atomic E-state index is -1.06. The van der Waals surface area contributed by atoms with Crippen molar-refractivity contribution >= 4 is 11.8 Å². The molecule has 1 aliphatic heterocycles. The molecule has 0 radical (unpaired) electrons. The molecule has 39 heavy (non-hydrogen) atoms. The molecule has 0 aliphatic carbocycles. The smallest absolute Gasteiger partial charge is 0.170 e. The van der Waals surface area contributed by atoms with Gasteiger partial charge in [0.15, 0.2) is 6.29 Å². The number of rotatable bonds is 12. The van der Waals surface area contributed by atoms with E-state index in [4.69, 9.17) is 18.9 Å². The molecule has 0 spiro atoms. The highest BCUT2D eigenvalue weighted by Gasteiger charge is 2.47. The fourth-order valence-electron chi connectivity index (χ4n) is 4.60. The zero-order chi connectivity index (χ0) is 26.7. The first-order valence-electron chi connectivity index (χ1n) is 13.2. The molecular weight excluding hydrogens is 508 g/mol. The monoisotopic (exact) mass is 542 g/mol. The molecular formula is C33H34O5S. The van der Waals surface area contributed by atoms with Crippen LogP contribution in [0.25, 0.3) is 0 Å². The van der Waals surface area contributed by atoms with Crippen molar-refractivity contribution in [2.24, 2.45) is 0 Å². The molecule has 202 valence electrons. The van der Waals surface area contributed by atoms with Gasteiger partial charge in [-0.25, -0.2) is 0 Å². The maximum absolute atomic E-state index is 11.3. The minimum absolute atomic E-state index is 0.263. The van der Waals surface area contributed by atoms with Crippen molar-refractivity contribution in [1.82, 2.24) is 0 Å². The van der Waals surface area contributed by atoms with Crippen molar-refractivity contribution in [3.05, 3.63) is 138 Å². The van der Waals surface area contributed by atoms with Gasteiger partial charge >= 0.3 is 0 Å². The molecule has 0 aromatic heterocycles. The van der Waals surface area contributed by atoms with E-state index in [1.807, 2.05) is 121 Å². The van der Waals surface area contributed by atoms with Crippen LogP contribution in [0.4, 0.5) is 0 Å². The van der Waals surface area contributed by atoms with Gasteiger partial charge in [0.1, 0.15) is 18.3 Å². The van der Waals surface area contributed by atoms with Crippen LogP contribution in [-0.2, 0) is 38.8 Å². The molecule has 1 aliphatic rings. The highest BCUT2D eigenvalue weighted by atomic mass is 32.2. The Labute approximate surface area is 234 Å². The second-order valence-corrected chi connectivity index (χ2v) is 10.7. The summed E-state index contributed by atoms with van der Waals surface area (Å²) in [6, 6.07) is 40.1. The Bertz CT molecular complexity index is 1230. The predicted molar refractivity (Wildman–Crippen MR) is 153 cm³/mol. The molecule has 1 heterocycles. The Hall–Kier alpha value is -2.97. The lowest BCUT2D eigenvalue weighted by Crippen LogP contribution is -2.59. The molecule has 5 atom stereocenters. The third-order valence-electron chi connectivity index (χ3n) is 6.59. The van der Waals surface area contributed by atoms with E-state index in [9.17, 15) is 5.11 Å². The third-order valence-corrected chi connectivity index (χ3v) is 7.91. The van der Waals surface area contributed by atoms with E-state index < -0.39 is 29.9 Å². The first-order chi connectivity index (χ1) is 19.3. The number of benzene rings is 4. The molecule has 1 saturated heterocycles. The van der Waals surface area contributed by atoms with Crippen LogP contribution >= 0.6 is 11.8 Å². The lowest BCUT2D eigenvalue weighted by molar-refractivity contribution is -0.261. The molecule has 5 nitrogen and oxygen atoms in total. The van der Waals surface area contributed by atoms with Crippen molar-refractivity contribution in [3.63, 3.8) is 0 Å². The van der Waals surface area contributed by atoms with Crippen LogP contribution in [0.2, 0.25) is 0 Å². The lowest BCUT2D eigenvalue weighted by atomic mass is 10.00. The zero-order valence-corrected chi connectivity index (χ0v) is 22.6. The lowest BCUT2D eigenvalue weighted by Gasteiger charge is -2.44. The van der Waals surface area contributed by atoms with Gasteiger partial charge in [-0.05, 0) is 28.8 Å². The van der Waals surface area contributed by atoms with Gasteiger partial charge in [-0.3, -0.25) is 0 Å². The standard InChI is InChI=1S/C33H34O5S/c34-33-32(39-28-19-11-4-12-20-28)31(37-23-27-17-9-3-10-18-27)30(36-22-26-15-7-2-8-16-26)29(38-33)24-35-21-25-13-5-1-6-14-25/h1-20,29-34H,21-24H2/t29-,30-,31+,32-,33-/m1/s1. The average Bonchev–Trinajstić information content (AvgIpc) is 2.99. The first-order valence-corrected chi connectivity index (χ1v) is 14.1. The van der Waals surface area contributed by atoms with Crippen LogP contribution in [0.3, 0.4) is 0 Å². The summed E-state index contributed by atoms with van der Waals surface area (Å²) in [5.74, 6) is 0. The Morgan fingerprint density at radius 2 is 1.05 bits per heavy atom. The maximum atomic E-state index is 11.3. The highest BCUT2D eigenvalue weighted by molar-refractivity contribution is 8.00. The van der Waals surface area contributed by atoms with Crippen molar-refractivity contribution in [1.29, 1.82) is 0 Å². The summed E-state index contributed by atoms with van der Waals surface area (Å²) >= 11 is 1.54. The second-order valence-electron chi connectivity index (χ2n) is 9.48. The SMILES string of the molecule is O[C@@H]1O[C@H](COCc2ccccc2)[C@@H](OCc2ccccc2)[C@H](OCc2ccccc2)[C@H]1Sc1ccccc1. The average molecular weight is 543 g/mol. The van der Waals surface area contributed by atoms with Crippen LogP contribution in [-0.4, -0.2) is 41.6 Å². The van der Waals surface area contributed by atoms with Crippen molar-refractivity contribution in [3.8, 4) is 0 Å². The van der Waals surface area contributed by atoms with Crippen LogP contribution in [0.1, 0.15) is 16.7 Å². The van der Waals surface area contributed by atoms with E-state index in [1.165, 1.54) is 0 Å². The summed E-state index contributed by atoms with van der Waals surface area (Å²) in [5.41, 5.74) is 3.19. The Morgan fingerprint density at radius 3 is 1.59 bits per heavy atom. The van der Waals surface area contributed by atoms with Crippen LogP contribution < -0.4 is 0 Å².